The van der Waals surface area contributed by atoms with Crippen LogP contribution in [0.2, 0.25) is 0 Å². The van der Waals surface area contributed by atoms with Crippen molar-refractivity contribution >= 4 is 11.5 Å². The Balaban J connectivity index is 1.85. The lowest BCUT2D eigenvalue weighted by atomic mass is 9.79. The van der Waals surface area contributed by atoms with E-state index in [0.29, 0.717) is 6.04 Å². The minimum Gasteiger partial charge on any atom is -0.364 e. The number of aromatic nitrogens is 4. The highest BCUT2D eigenvalue weighted by molar-refractivity contribution is 5.61. The predicted octanol–water partition coefficient (Wildman–Crippen LogP) is 1.85. The van der Waals surface area contributed by atoms with Crippen molar-refractivity contribution in [2.45, 2.75) is 57.7 Å². The van der Waals surface area contributed by atoms with Crippen molar-refractivity contribution in [2.75, 3.05) is 5.32 Å². The average Bonchev–Trinajstić information content (AvgIpc) is 2.73. The third kappa shape index (κ3) is 2.60. The van der Waals surface area contributed by atoms with E-state index < -0.39 is 0 Å². The highest BCUT2D eigenvalue weighted by Crippen LogP contribution is 2.30. The Morgan fingerprint density at radius 2 is 1.95 bits per heavy atom. The maximum absolute atomic E-state index is 4.41. The van der Waals surface area contributed by atoms with E-state index in [0.717, 1.165) is 24.3 Å². The summed E-state index contributed by atoms with van der Waals surface area (Å²) in [4.78, 5) is 4.41. The molecule has 0 spiro atoms. The molecular formula is C14H22N6. The molecule has 1 aliphatic heterocycles. The molecule has 1 saturated heterocycles. The van der Waals surface area contributed by atoms with Crippen LogP contribution in [0, 0.1) is 0 Å². The van der Waals surface area contributed by atoms with Gasteiger partial charge in [0, 0.05) is 29.5 Å². The van der Waals surface area contributed by atoms with Gasteiger partial charge in [-0.25, -0.2) is 4.98 Å². The van der Waals surface area contributed by atoms with Gasteiger partial charge in [0.15, 0.2) is 5.82 Å². The first-order valence-electron chi connectivity index (χ1n) is 7.05. The number of rotatable bonds is 2. The number of hydrogen-bond donors (Lipinski definition) is 2. The van der Waals surface area contributed by atoms with Crippen molar-refractivity contribution in [3.05, 3.63) is 18.7 Å². The third-order valence-electron chi connectivity index (χ3n) is 3.75. The number of nitrogens with zero attached hydrogens (tertiary/aromatic N) is 4. The fraction of sp³-hybridized carbons (Fsp3) is 0.643. The Hall–Kier alpha value is -1.69. The van der Waals surface area contributed by atoms with E-state index in [1.165, 1.54) is 0 Å². The summed E-state index contributed by atoms with van der Waals surface area (Å²) >= 11 is 0. The van der Waals surface area contributed by atoms with Crippen LogP contribution < -0.4 is 10.6 Å². The Morgan fingerprint density at radius 3 is 2.65 bits per heavy atom. The van der Waals surface area contributed by atoms with Gasteiger partial charge in [0.25, 0.3) is 0 Å². The number of fused-ring (bicyclic) bond motifs is 1. The van der Waals surface area contributed by atoms with Crippen LogP contribution in [0.5, 0.6) is 0 Å². The molecule has 0 bridgehead atoms. The van der Waals surface area contributed by atoms with Gasteiger partial charge in [-0.1, -0.05) is 0 Å². The van der Waals surface area contributed by atoms with E-state index in [4.69, 9.17) is 0 Å². The molecule has 0 aromatic carbocycles. The zero-order chi connectivity index (χ0) is 14.4. The van der Waals surface area contributed by atoms with Gasteiger partial charge < -0.3 is 10.6 Å². The monoisotopic (exact) mass is 274 g/mol. The van der Waals surface area contributed by atoms with E-state index in [-0.39, 0.29) is 11.1 Å². The second kappa shape index (κ2) is 4.41. The average molecular weight is 274 g/mol. The number of nitrogens with one attached hydrogen (secondary N) is 2. The lowest BCUT2D eigenvalue weighted by Crippen LogP contribution is -2.60. The maximum atomic E-state index is 4.41. The largest absolute Gasteiger partial charge is 0.364 e. The minimum absolute atomic E-state index is 0.109. The number of piperidine rings is 1. The quantitative estimate of drug-likeness (QED) is 0.874. The zero-order valence-electron chi connectivity index (χ0n) is 12.5. The predicted molar refractivity (Wildman–Crippen MR) is 78.7 cm³/mol. The first-order chi connectivity index (χ1) is 9.35. The molecule has 6 heteroatoms. The van der Waals surface area contributed by atoms with Gasteiger partial charge in [0.1, 0.15) is 6.33 Å². The van der Waals surface area contributed by atoms with Crippen molar-refractivity contribution < 1.29 is 0 Å². The SMILES string of the molecule is CC1(C)CC(Nc2nccn3cnnc23)CC(C)(C)N1. The standard InChI is InChI=1S/C14H22N6/c1-13(2)7-10(8-14(3,4)19-13)17-11-12-18-16-9-20(12)6-5-15-11/h5-6,9-10,19H,7-8H2,1-4H3,(H,15,17). The van der Waals surface area contributed by atoms with Gasteiger partial charge in [-0.15, -0.1) is 10.2 Å². The van der Waals surface area contributed by atoms with Gasteiger partial charge in [-0.05, 0) is 40.5 Å². The van der Waals surface area contributed by atoms with E-state index >= 15 is 0 Å². The van der Waals surface area contributed by atoms with Crippen molar-refractivity contribution in [2.24, 2.45) is 0 Å². The van der Waals surface area contributed by atoms with Crippen LogP contribution in [-0.4, -0.2) is 36.7 Å². The van der Waals surface area contributed by atoms with Crippen molar-refractivity contribution in [1.29, 1.82) is 0 Å². The molecule has 6 nitrogen and oxygen atoms in total. The Labute approximate surface area is 119 Å². The molecule has 20 heavy (non-hydrogen) atoms. The van der Waals surface area contributed by atoms with Crippen LogP contribution in [-0.2, 0) is 0 Å². The summed E-state index contributed by atoms with van der Waals surface area (Å²) in [6, 6.07) is 0.372. The molecular weight excluding hydrogens is 252 g/mol. The van der Waals surface area contributed by atoms with Gasteiger partial charge in [0.05, 0.1) is 0 Å². The normalized spacial score (nSPS) is 22.0. The minimum atomic E-state index is 0.109. The van der Waals surface area contributed by atoms with Crippen LogP contribution in [0.4, 0.5) is 5.82 Å². The molecule has 0 unspecified atom stereocenters. The topological polar surface area (TPSA) is 67.1 Å². The van der Waals surface area contributed by atoms with Crippen LogP contribution in [0.1, 0.15) is 40.5 Å². The van der Waals surface area contributed by atoms with Crippen LogP contribution in [0.3, 0.4) is 0 Å². The fourth-order valence-electron chi connectivity index (χ4n) is 3.48. The molecule has 108 valence electrons. The molecule has 2 aromatic heterocycles. The number of hydrogen-bond acceptors (Lipinski definition) is 5. The van der Waals surface area contributed by atoms with Crippen molar-refractivity contribution in [1.82, 2.24) is 24.9 Å². The zero-order valence-corrected chi connectivity index (χ0v) is 12.5. The summed E-state index contributed by atoms with van der Waals surface area (Å²) in [5.41, 5.74) is 0.998. The molecule has 0 radical (unpaired) electrons. The summed E-state index contributed by atoms with van der Waals surface area (Å²) in [5.74, 6) is 0.809. The van der Waals surface area contributed by atoms with E-state index in [1.54, 1.807) is 12.5 Å². The molecule has 2 N–H and O–H groups in total. The van der Waals surface area contributed by atoms with Gasteiger partial charge in [-0.3, -0.25) is 4.40 Å². The summed E-state index contributed by atoms with van der Waals surface area (Å²) in [6.07, 6.45) is 7.42. The van der Waals surface area contributed by atoms with E-state index in [9.17, 15) is 0 Å². The molecule has 1 fully saturated rings. The first kappa shape index (κ1) is 13.3. The molecule has 1 aliphatic rings. The van der Waals surface area contributed by atoms with E-state index in [2.05, 4.69) is 53.5 Å². The van der Waals surface area contributed by atoms with Gasteiger partial charge in [-0.2, -0.15) is 0 Å². The molecule has 3 rings (SSSR count). The van der Waals surface area contributed by atoms with Crippen LogP contribution in [0.25, 0.3) is 5.65 Å². The van der Waals surface area contributed by atoms with Crippen LogP contribution in [0.15, 0.2) is 18.7 Å². The van der Waals surface area contributed by atoms with Gasteiger partial charge >= 0.3 is 0 Å². The molecule has 3 heterocycles. The molecule has 0 aliphatic carbocycles. The first-order valence-corrected chi connectivity index (χ1v) is 7.05. The van der Waals surface area contributed by atoms with Crippen molar-refractivity contribution in [3.8, 4) is 0 Å². The molecule has 0 atom stereocenters. The highest BCUT2D eigenvalue weighted by Gasteiger charge is 2.37. The lowest BCUT2D eigenvalue weighted by molar-refractivity contribution is 0.170. The fourth-order valence-corrected chi connectivity index (χ4v) is 3.48. The number of anilines is 1. The summed E-state index contributed by atoms with van der Waals surface area (Å²) in [6.45, 7) is 8.97. The summed E-state index contributed by atoms with van der Waals surface area (Å²) in [7, 11) is 0. The highest BCUT2D eigenvalue weighted by atomic mass is 15.3. The summed E-state index contributed by atoms with van der Waals surface area (Å²) in [5, 5.41) is 15.3. The Morgan fingerprint density at radius 1 is 1.25 bits per heavy atom. The van der Waals surface area contributed by atoms with Crippen molar-refractivity contribution in [3.63, 3.8) is 0 Å². The lowest BCUT2D eigenvalue weighted by Gasteiger charge is -2.46. The van der Waals surface area contributed by atoms with Gasteiger partial charge in [0.2, 0.25) is 5.65 Å². The Kier molecular flexibility index (Phi) is 2.93. The molecule has 0 amide bonds. The maximum Gasteiger partial charge on any atom is 0.203 e. The molecule has 0 saturated carbocycles. The Bertz CT molecular complexity index is 599. The van der Waals surface area contributed by atoms with E-state index in [1.807, 2.05) is 10.6 Å². The third-order valence-corrected chi connectivity index (χ3v) is 3.75. The second-order valence-corrected chi connectivity index (χ2v) is 6.98. The smallest absolute Gasteiger partial charge is 0.203 e. The van der Waals surface area contributed by atoms with Crippen LogP contribution >= 0.6 is 0 Å². The second-order valence-electron chi connectivity index (χ2n) is 6.98. The summed E-state index contributed by atoms with van der Waals surface area (Å²) < 4.78 is 1.88. The molecule has 2 aromatic rings.